The minimum absolute atomic E-state index is 0.0256. The molecule has 2 aliphatic rings. The predicted octanol–water partition coefficient (Wildman–Crippen LogP) is 2.54. The van der Waals surface area contributed by atoms with Gasteiger partial charge in [0.25, 0.3) is 0 Å². The van der Waals surface area contributed by atoms with Crippen molar-refractivity contribution in [2.45, 2.75) is 34.1 Å². The minimum atomic E-state index is -0.280. The van der Waals surface area contributed by atoms with Gasteiger partial charge in [0.05, 0.1) is 5.92 Å². The third-order valence-electron chi connectivity index (χ3n) is 6.37. The Morgan fingerprint density at radius 2 is 1.81 bits per heavy atom. The van der Waals surface area contributed by atoms with Crippen molar-refractivity contribution in [1.82, 2.24) is 14.9 Å². The molecule has 1 aromatic heterocycles. The number of benzene rings is 1. The molecule has 8 heteroatoms. The van der Waals surface area contributed by atoms with Crippen molar-refractivity contribution >= 4 is 29.3 Å². The molecule has 32 heavy (non-hydrogen) atoms. The number of piperazine rings is 1. The van der Waals surface area contributed by atoms with Gasteiger partial charge in [-0.05, 0) is 51.0 Å². The van der Waals surface area contributed by atoms with E-state index in [2.05, 4.69) is 27.1 Å². The fraction of sp³-hybridized carbons (Fsp3) is 0.500. The van der Waals surface area contributed by atoms with Gasteiger partial charge < -0.3 is 20.0 Å². The summed E-state index contributed by atoms with van der Waals surface area (Å²) < 4.78 is 0. The SMILES string of the molecule is CCNc1nc(C)cc(N2CCN(C(=O)C3CC(=O)N(c4ccc(C)c(C)c4)C3)CC2)n1. The predicted molar refractivity (Wildman–Crippen MR) is 126 cm³/mol. The first-order valence-corrected chi connectivity index (χ1v) is 11.4. The maximum absolute atomic E-state index is 13.2. The van der Waals surface area contributed by atoms with Crippen LogP contribution in [0.25, 0.3) is 0 Å². The van der Waals surface area contributed by atoms with E-state index in [-0.39, 0.29) is 24.2 Å². The van der Waals surface area contributed by atoms with E-state index in [0.29, 0.717) is 25.6 Å². The first-order chi connectivity index (χ1) is 15.4. The Bertz CT molecular complexity index is 1020. The van der Waals surface area contributed by atoms with Crippen molar-refractivity contribution in [3.8, 4) is 0 Å². The van der Waals surface area contributed by atoms with Gasteiger partial charge in [-0.2, -0.15) is 4.98 Å². The number of aromatic nitrogens is 2. The second-order valence-electron chi connectivity index (χ2n) is 8.71. The van der Waals surface area contributed by atoms with E-state index in [9.17, 15) is 9.59 Å². The summed E-state index contributed by atoms with van der Waals surface area (Å²) in [6, 6.07) is 8.01. The van der Waals surface area contributed by atoms with Crippen LogP contribution in [0.2, 0.25) is 0 Å². The number of nitrogens with one attached hydrogen (secondary N) is 1. The van der Waals surface area contributed by atoms with E-state index in [1.165, 1.54) is 5.56 Å². The molecular weight excluding hydrogens is 404 g/mol. The van der Waals surface area contributed by atoms with Crippen LogP contribution < -0.4 is 15.1 Å². The summed E-state index contributed by atoms with van der Waals surface area (Å²) in [5, 5.41) is 3.17. The first-order valence-electron chi connectivity index (χ1n) is 11.4. The molecule has 3 heterocycles. The van der Waals surface area contributed by atoms with E-state index < -0.39 is 0 Å². The fourth-order valence-electron chi connectivity index (χ4n) is 4.38. The van der Waals surface area contributed by atoms with Crippen molar-refractivity contribution < 1.29 is 9.59 Å². The number of amides is 2. The van der Waals surface area contributed by atoms with Gasteiger partial charge in [0, 0.05) is 63.1 Å². The Labute approximate surface area is 189 Å². The van der Waals surface area contributed by atoms with Crippen LogP contribution in [0.1, 0.15) is 30.2 Å². The molecule has 1 N–H and O–H groups in total. The number of nitrogens with zero attached hydrogens (tertiary/aromatic N) is 5. The van der Waals surface area contributed by atoms with Gasteiger partial charge in [0.1, 0.15) is 5.82 Å². The first kappa shape index (κ1) is 22.0. The van der Waals surface area contributed by atoms with E-state index in [1.54, 1.807) is 4.90 Å². The highest BCUT2D eigenvalue weighted by Gasteiger charge is 2.38. The van der Waals surface area contributed by atoms with E-state index >= 15 is 0 Å². The molecule has 1 unspecified atom stereocenters. The van der Waals surface area contributed by atoms with Crippen molar-refractivity contribution in [3.63, 3.8) is 0 Å². The van der Waals surface area contributed by atoms with Crippen LogP contribution in [0, 0.1) is 26.7 Å². The third-order valence-corrected chi connectivity index (χ3v) is 6.37. The lowest BCUT2D eigenvalue weighted by molar-refractivity contribution is -0.136. The molecule has 1 atom stereocenters. The van der Waals surface area contributed by atoms with Gasteiger partial charge in [0.15, 0.2) is 0 Å². The molecule has 2 amide bonds. The molecule has 0 spiro atoms. The molecule has 2 saturated heterocycles. The molecule has 1 aromatic carbocycles. The summed E-state index contributed by atoms with van der Waals surface area (Å²) in [6.45, 7) is 12.0. The molecular formula is C24H32N6O2. The fourth-order valence-corrected chi connectivity index (χ4v) is 4.38. The summed E-state index contributed by atoms with van der Waals surface area (Å²) in [7, 11) is 0. The number of rotatable bonds is 5. The molecule has 8 nitrogen and oxygen atoms in total. The van der Waals surface area contributed by atoms with Crippen LogP contribution in [0.15, 0.2) is 24.3 Å². The maximum atomic E-state index is 13.2. The highest BCUT2D eigenvalue weighted by molar-refractivity contribution is 6.00. The largest absolute Gasteiger partial charge is 0.354 e. The lowest BCUT2D eigenvalue weighted by Crippen LogP contribution is -2.51. The Morgan fingerprint density at radius 3 is 2.50 bits per heavy atom. The molecule has 170 valence electrons. The van der Waals surface area contributed by atoms with Crippen LogP contribution in [0.5, 0.6) is 0 Å². The third kappa shape index (κ3) is 4.54. The Kier molecular flexibility index (Phi) is 6.30. The van der Waals surface area contributed by atoms with E-state index in [0.717, 1.165) is 42.4 Å². The van der Waals surface area contributed by atoms with Gasteiger partial charge in [-0.25, -0.2) is 4.98 Å². The summed E-state index contributed by atoms with van der Waals surface area (Å²) >= 11 is 0. The summed E-state index contributed by atoms with van der Waals surface area (Å²) in [6.07, 6.45) is 0.281. The number of carbonyl (C=O) groups excluding carboxylic acids is 2. The van der Waals surface area contributed by atoms with Crippen molar-refractivity contribution in [2.75, 3.05) is 54.4 Å². The molecule has 2 aliphatic heterocycles. The number of hydrogen-bond donors (Lipinski definition) is 1. The monoisotopic (exact) mass is 436 g/mol. The highest BCUT2D eigenvalue weighted by Crippen LogP contribution is 2.28. The Balaban J connectivity index is 1.37. The van der Waals surface area contributed by atoms with Crippen molar-refractivity contribution in [1.29, 1.82) is 0 Å². The number of anilines is 3. The van der Waals surface area contributed by atoms with Gasteiger partial charge in [-0.1, -0.05) is 6.07 Å². The highest BCUT2D eigenvalue weighted by atomic mass is 16.2. The normalized spacial score (nSPS) is 18.9. The topological polar surface area (TPSA) is 81.7 Å². The lowest BCUT2D eigenvalue weighted by atomic mass is 10.1. The number of hydrogen-bond acceptors (Lipinski definition) is 6. The smallest absolute Gasteiger partial charge is 0.228 e. The maximum Gasteiger partial charge on any atom is 0.228 e. The zero-order chi connectivity index (χ0) is 22.8. The van der Waals surface area contributed by atoms with Crippen LogP contribution in [0.4, 0.5) is 17.5 Å². The van der Waals surface area contributed by atoms with Crippen LogP contribution in [0.3, 0.4) is 0 Å². The quantitative estimate of drug-likeness (QED) is 0.776. The number of aryl methyl sites for hydroxylation is 3. The molecule has 0 saturated carbocycles. The van der Waals surface area contributed by atoms with Crippen molar-refractivity contribution in [3.05, 3.63) is 41.1 Å². The molecule has 0 bridgehead atoms. The molecule has 4 rings (SSSR count). The number of carbonyl (C=O) groups is 2. The second-order valence-corrected chi connectivity index (χ2v) is 8.71. The Hall–Kier alpha value is -3.16. The zero-order valence-corrected chi connectivity index (χ0v) is 19.4. The van der Waals surface area contributed by atoms with Crippen LogP contribution in [-0.2, 0) is 9.59 Å². The molecule has 2 fully saturated rings. The Morgan fingerprint density at radius 1 is 1.06 bits per heavy atom. The van der Waals surface area contributed by atoms with E-state index in [4.69, 9.17) is 0 Å². The van der Waals surface area contributed by atoms with Gasteiger partial charge in [-0.15, -0.1) is 0 Å². The van der Waals surface area contributed by atoms with Gasteiger partial charge in [0.2, 0.25) is 17.8 Å². The average Bonchev–Trinajstić information content (AvgIpc) is 3.17. The van der Waals surface area contributed by atoms with Gasteiger partial charge in [-0.3, -0.25) is 9.59 Å². The molecule has 0 aliphatic carbocycles. The summed E-state index contributed by atoms with van der Waals surface area (Å²) in [4.78, 5) is 40.7. The minimum Gasteiger partial charge on any atom is -0.354 e. The molecule has 2 aromatic rings. The van der Waals surface area contributed by atoms with Crippen LogP contribution >= 0.6 is 0 Å². The standard InChI is InChI=1S/C24H32N6O2/c1-5-25-24-26-18(4)13-21(27-24)28-8-10-29(11-9-28)23(32)19-14-22(31)30(15-19)20-7-6-16(2)17(3)12-20/h6-7,12-13,19H,5,8-11,14-15H2,1-4H3,(H,25,26,27). The summed E-state index contributed by atoms with van der Waals surface area (Å²) in [5.41, 5.74) is 4.15. The summed E-state index contributed by atoms with van der Waals surface area (Å²) in [5.74, 6) is 1.35. The van der Waals surface area contributed by atoms with Crippen LogP contribution in [-0.4, -0.2) is 66.0 Å². The van der Waals surface area contributed by atoms with Crippen molar-refractivity contribution in [2.24, 2.45) is 5.92 Å². The van der Waals surface area contributed by atoms with E-state index in [1.807, 2.05) is 49.9 Å². The lowest BCUT2D eigenvalue weighted by Gasteiger charge is -2.36. The zero-order valence-electron chi connectivity index (χ0n) is 19.4. The average molecular weight is 437 g/mol. The second kappa shape index (κ2) is 9.14. The van der Waals surface area contributed by atoms with Gasteiger partial charge >= 0.3 is 0 Å². The molecule has 0 radical (unpaired) electrons.